The van der Waals surface area contributed by atoms with Crippen molar-refractivity contribution in [2.75, 3.05) is 6.54 Å². The second-order valence-corrected chi connectivity index (χ2v) is 5.65. The highest BCUT2D eigenvalue weighted by Crippen LogP contribution is 2.20. The zero-order chi connectivity index (χ0) is 14.5. The number of nitrogens with zero attached hydrogens (tertiary/aromatic N) is 2. The second-order valence-electron chi connectivity index (χ2n) is 4.80. The van der Waals surface area contributed by atoms with Crippen LogP contribution in [0.1, 0.15) is 30.4 Å². The fourth-order valence-electron chi connectivity index (χ4n) is 2.09. The van der Waals surface area contributed by atoms with Crippen LogP contribution in [0.5, 0.6) is 0 Å². The van der Waals surface area contributed by atoms with Crippen molar-refractivity contribution in [3.63, 3.8) is 0 Å². The van der Waals surface area contributed by atoms with Crippen molar-refractivity contribution in [2.24, 2.45) is 0 Å². The lowest BCUT2D eigenvalue weighted by atomic mass is 10.2. The third-order valence-electron chi connectivity index (χ3n) is 3.21. The summed E-state index contributed by atoms with van der Waals surface area (Å²) in [4.78, 5) is 4.37. The summed E-state index contributed by atoms with van der Waals surface area (Å²) in [6.07, 6.45) is 3.01. The first-order chi connectivity index (χ1) is 9.61. The SMILES string of the molecule is CCCNCc1cnc(C)n1Cc1ccc(F)cc1Br. The minimum atomic E-state index is -0.229. The van der Waals surface area contributed by atoms with Gasteiger partial charge in [0.05, 0.1) is 12.2 Å². The smallest absolute Gasteiger partial charge is 0.124 e. The molecule has 0 aliphatic rings. The van der Waals surface area contributed by atoms with Crippen LogP contribution in [0.3, 0.4) is 0 Å². The molecule has 108 valence electrons. The van der Waals surface area contributed by atoms with Crippen molar-refractivity contribution < 1.29 is 4.39 Å². The molecule has 2 rings (SSSR count). The molecule has 3 nitrogen and oxygen atoms in total. The number of benzene rings is 1. The van der Waals surface area contributed by atoms with E-state index in [1.807, 2.05) is 19.2 Å². The Labute approximate surface area is 127 Å². The summed E-state index contributed by atoms with van der Waals surface area (Å²) in [7, 11) is 0. The molecule has 0 aliphatic carbocycles. The van der Waals surface area contributed by atoms with Gasteiger partial charge in [-0.1, -0.05) is 28.9 Å². The van der Waals surface area contributed by atoms with E-state index in [9.17, 15) is 4.39 Å². The molecule has 1 N–H and O–H groups in total. The van der Waals surface area contributed by atoms with Crippen molar-refractivity contribution in [3.8, 4) is 0 Å². The zero-order valence-electron chi connectivity index (χ0n) is 11.8. The van der Waals surface area contributed by atoms with Crippen LogP contribution in [0.4, 0.5) is 4.39 Å². The molecule has 0 atom stereocenters. The lowest BCUT2D eigenvalue weighted by Gasteiger charge is -2.12. The molecule has 0 saturated carbocycles. The number of hydrogen-bond donors (Lipinski definition) is 1. The van der Waals surface area contributed by atoms with Crippen molar-refractivity contribution in [2.45, 2.75) is 33.4 Å². The summed E-state index contributed by atoms with van der Waals surface area (Å²) in [5.41, 5.74) is 2.19. The van der Waals surface area contributed by atoms with Gasteiger partial charge in [0.25, 0.3) is 0 Å². The highest BCUT2D eigenvalue weighted by atomic mass is 79.9. The first kappa shape index (κ1) is 15.2. The van der Waals surface area contributed by atoms with Crippen LogP contribution in [0, 0.1) is 12.7 Å². The number of aryl methyl sites for hydroxylation is 1. The number of rotatable bonds is 6. The molecular formula is C15H19BrFN3. The molecule has 2 aromatic rings. The van der Waals surface area contributed by atoms with Crippen LogP contribution in [0.25, 0.3) is 0 Å². The molecule has 0 saturated heterocycles. The summed E-state index contributed by atoms with van der Waals surface area (Å²) in [5.74, 6) is 0.738. The van der Waals surface area contributed by atoms with Crippen molar-refractivity contribution >= 4 is 15.9 Å². The van der Waals surface area contributed by atoms with Crippen molar-refractivity contribution in [1.82, 2.24) is 14.9 Å². The third-order valence-corrected chi connectivity index (χ3v) is 3.95. The van der Waals surface area contributed by atoms with Crippen LogP contribution < -0.4 is 5.32 Å². The van der Waals surface area contributed by atoms with E-state index in [0.29, 0.717) is 6.54 Å². The van der Waals surface area contributed by atoms with Gasteiger partial charge in [0, 0.05) is 17.2 Å². The van der Waals surface area contributed by atoms with Crippen LogP contribution in [0.2, 0.25) is 0 Å². The van der Waals surface area contributed by atoms with Gasteiger partial charge >= 0.3 is 0 Å². The summed E-state index contributed by atoms with van der Waals surface area (Å²) in [5, 5.41) is 3.38. The van der Waals surface area contributed by atoms with Gasteiger partial charge in [-0.3, -0.25) is 0 Å². The maximum Gasteiger partial charge on any atom is 0.124 e. The Morgan fingerprint density at radius 2 is 2.20 bits per heavy atom. The molecule has 5 heteroatoms. The number of aromatic nitrogens is 2. The van der Waals surface area contributed by atoms with Crippen LogP contribution in [0.15, 0.2) is 28.9 Å². The van der Waals surface area contributed by atoms with E-state index >= 15 is 0 Å². The molecule has 1 aromatic carbocycles. The van der Waals surface area contributed by atoms with E-state index in [-0.39, 0.29) is 5.82 Å². The summed E-state index contributed by atoms with van der Waals surface area (Å²) >= 11 is 3.42. The van der Waals surface area contributed by atoms with E-state index in [4.69, 9.17) is 0 Å². The predicted molar refractivity (Wildman–Crippen MR) is 82.2 cm³/mol. The number of hydrogen-bond acceptors (Lipinski definition) is 2. The minimum absolute atomic E-state index is 0.229. The fraction of sp³-hybridized carbons (Fsp3) is 0.400. The predicted octanol–water partition coefficient (Wildman–Crippen LogP) is 3.64. The molecular weight excluding hydrogens is 321 g/mol. The van der Waals surface area contributed by atoms with E-state index in [2.05, 4.69) is 37.7 Å². The van der Waals surface area contributed by atoms with E-state index in [1.165, 1.54) is 12.1 Å². The fourth-order valence-corrected chi connectivity index (χ4v) is 2.56. The average molecular weight is 340 g/mol. The Kier molecular flexibility index (Phi) is 5.31. The normalized spacial score (nSPS) is 11.0. The van der Waals surface area contributed by atoms with Crippen molar-refractivity contribution in [1.29, 1.82) is 0 Å². The number of imidazole rings is 1. The molecule has 0 fully saturated rings. The summed E-state index contributed by atoms with van der Waals surface area (Å²) < 4.78 is 16.1. The van der Waals surface area contributed by atoms with Gasteiger partial charge in [-0.05, 0) is 37.6 Å². The molecule has 20 heavy (non-hydrogen) atoms. The summed E-state index contributed by atoms with van der Waals surface area (Å²) in [6.45, 7) is 6.61. The molecule has 0 aliphatic heterocycles. The molecule has 0 radical (unpaired) electrons. The largest absolute Gasteiger partial charge is 0.327 e. The Morgan fingerprint density at radius 3 is 2.90 bits per heavy atom. The van der Waals surface area contributed by atoms with Crippen LogP contribution in [-0.2, 0) is 13.1 Å². The zero-order valence-corrected chi connectivity index (χ0v) is 13.4. The number of nitrogens with one attached hydrogen (secondary N) is 1. The summed E-state index contributed by atoms with van der Waals surface area (Å²) in [6, 6.07) is 4.79. The highest BCUT2D eigenvalue weighted by molar-refractivity contribution is 9.10. The van der Waals surface area contributed by atoms with E-state index < -0.39 is 0 Å². The second kappa shape index (κ2) is 6.99. The molecule has 0 unspecified atom stereocenters. The Balaban J connectivity index is 2.17. The highest BCUT2D eigenvalue weighted by Gasteiger charge is 2.09. The van der Waals surface area contributed by atoms with Gasteiger partial charge in [-0.2, -0.15) is 0 Å². The molecule has 1 aromatic heterocycles. The van der Waals surface area contributed by atoms with Gasteiger partial charge in [0.2, 0.25) is 0 Å². The maximum absolute atomic E-state index is 13.1. The lowest BCUT2D eigenvalue weighted by Crippen LogP contribution is -2.17. The quantitative estimate of drug-likeness (QED) is 0.814. The lowest BCUT2D eigenvalue weighted by molar-refractivity contribution is 0.616. The maximum atomic E-state index is 13.1. The van der Waals surface area contributed by atoms with E-state index in [0.717, 1.165) is 41.1 Å². The Morgan fingerprint density at radius 1 is 1.40 bits per heavy atom. The van der Waals surface area contributed by atoms with Crippen LogP contribution >= 0.6 is 15.9 Å². The molecule has 0 spiro atoms. The topological polar surface area (TPSA) is 29.9 Å². The first-order valence-electron chi connectivity index (χ1n) is 6.77. The molecule has 1 heterocycles. The average Bonchev–Trinajstić information content (AvgIpc) is 2.75. The van der Waals surface area contributed by atoms with Crippen LogP contribution in [-0.4, -0.2) is 16.1 Å². The van der Waals surface area contributed by atoms with Gasteiger partial charge < -0.3 is 9.88 Å². The van der Waals surface area contributed by atoms with E-state index in [1.54, 1.807) is 0 Å². The minimum Gasteiger partial charge on any atom is -0.327 e. The Hall–Kier alpha value is -1.20. The van der Waals surface area contributed by atoms with Gasteiger partial charge in [-0.25, -0.2) is 9.37 Å². The van der Waals surface area contributed by atoms with Gasteiger partial charge in [0.1, 0.15) is 11.6 Å². The molecule has 0 bridgehead atoms. The van der Waals surface area contributed by atoms with Crippen molar-refractivity contribution in [3.05, 3.63) is 51.8 Å². The Bertz CT molecular complexity index is 580. The molecule has 0 amide bonds. The van der Waals surface area contributed by atoms with Gasteiger partial charge in [-0.15, -0.1) is 0 Å². The van der Waals surface area contributed by atoms with Gasteiger partial charge in [0.15, 0.2) is 0 Å². The monoisotopic (exact) mass is 339 g/mol. The number of halogens is 2. The third kappa shape index (κ3) is 3.67. The first-order valence-corrected chi connectivity index (χ1v) is 7.56. The standard InChI is InChI=1S/C15H19BrFN3/c1-3-6-18-8-14-9-19-11(2)20(14)10-12-4-5-13(17)7-15(12)16/h4-5,7,9,18H,3,6,8,10H2,1-2H3.